The number of hydrogen-bond donors (Lipinski definition) is 1. The lowest BCUT2D eigenvalue weighted by molar-refractivity contribution is 0.0923. The Labute approximate surface area is 133 Å². The molecule has 1 unspecified atom stereocenters. The summed E-state index contributed by atoms with van der Waals surface area (Å²) < 4.78 is 13.6. The number of methoxy groups -OCH3 is 2. The fourth-order valence-electron chi connectivity index (χ4n) is 2.71. The van der Waals surface area contributed by atoms with Crippen LogP contribution < -0.4 is 10.1 Å². The first-order valence-corrected chi connectivity index (χ1v) is 7.40. The van der Waals surface area contributed by atoms with E-state index in [-0.39, 0.29) is 11.9 Å². The second-order valence-corrected chi connectivity index (χ2v) is 5.49. The lowest BCUT2D eigenvalue weighted by Gasteiger charge is -2.23. The van der Waals surface area contributed by atoms with E-state index in [1.165, 1.54) is 7.11 Å². The van der Waals surface area contributed by atoms with E-state index in [0.717, 1.165) is 18.7 Å². The number of aromatic nitrogens is 5. The van der Waals surface area contributed by atoms with Crippen molar-refractivity contribution in [1.29, 1.82) is 0 Å². The van der Waals surface area contributed by atoms with E-state index in [9.17, 15) is 4.79 Å². The van der Waals surface area contributed by atoms with Gasteiger partial charge < -0.3 is 14.8 Å². The molecular formula is C14H20N6O3. The largest absolute Gasteiger partial charge is 0.479 e. The molecular weight excluding hydrogens is 300 g/mol. The number of nitrogens with one attached hydrogen (secondary N) is 1. The van der Waals surface area contributed by atoms with Crippen LogP contribution in [0.3, 0.4) is 0 Å². The molecule has 0 saturated heterocycles. The summed E-state index contributed by atoms with van der Waals surface area (Å²) in [5.41, 5.74) is 0.430. The summed E-state index contributed by atoms with van der Waals surface area (Å²) in [6.45, 7) is 0.990. The summed E-state index contributed by atoms with van der Waals surface area (Å²) in [6.07, 6.45) is 3.24. The Hall–Kier alpha value is -2.42. The minimum Gasteiger partial charge on any atom is -0.479 e. The van der Waals surface area contributed by atoms with Gasteiger partial charge in [0, 0.05) is 32.8 Å². The molecule has 2 aromatic heterocycles. The van der Waals surface area contributed by atoms with Crippen molar-refractivity contribution in [2.24, 2.45) is 7.05 Å². The van der Waals surface area contributed by atoms with Gasteiger partial charge in [0.05, 0.1) is 13.7 Å². The van der Waals surface area contributed by atoms with Crippen LogP contribution in [-0.2, 0) is 31.4 Å². The number of nitrogens with zero attached hydrogens (tertiary/aromatic N) is 5. The fraction of sp³-hybridized carbons (Fsp3) is 0.571. The van der Waals surface area contributed by atoms with Crippen molar-refractivity contribution < 1.29 is 14.3 Å². The molecule has 1 aliphatic heterocycles. The van der Waals surface area contributed by atoms with Gasteiger partial charge in [-0.2, -0.15) is 5.10 Å². The van der Waals surface area contributed by atoms with Crippen LogP contribution in [0.2, 0.25) is 0 Å². The van der Waals surface area contributed by atoms with Gasteiger partial charge in [-0.3, -0.25) is 9.48 Å². The highest BCUT2D eigenvalue weighted by molar-refractivity contribution is 5.96. The zero-order chi connectivity index (χ0) is 16.4. The number of aryl methyl sites for hydroxylation is 2. The molecule has 1 N–H and O–H groups in total. The molecule has 0 aliphatic carbocycles. The monoisotopic (exact) mass is 320 g/mol. The number of hydrogen-bond acceptors (Lipinski definition) is 6. The van der Waals surface area contributed by atoms with E-state index in [1.807, 2.05) is 4.68 Å². The first-order valence-electron chi connectivity index (χ1n) is 7.40. The van der Waals surface area contributed by atoms with Gasteiger partial charge >= 0.3 is 0 Å². The van der Waals surface area contributed by atoms with Crippen molar-refractivity contribution in [3.8, 4) is 5.88 Å². The minimum atomic E-state index is -0.194. The normalized spacial score (nSPS) is 16.9. The van der Waals surface area contributed by atoms with Crippen LogP contribution >= 0.6 is 0 Å². The smallest absolute Gasteiger partial charge is 0.258 e. The number of amides is 1. The van der Waals surface area contributed by atoms with Crippen LogP contribution in [-0.4, -0.2) is 50.7 Å². The van der Waals surface area contributed by atoms with Gasteiger partial charge in [0.2, 0.25) is 5.88 Å². The van der Waals surface area contributed by atoms with Crippen molar-refractivity contribution in [2.75, 3.05) is 14.2 Å². The average molecular weight is 320 g/mol. The molecule has 0 saturated carbocycles. The number of rotatable bonds is 5. The number of carbonyl (C=O) groups is 1. The Kier molecular flexibility index (Phi) is 4.28. The van der Waals surface area contributed by atoms with Crippen LogP contribution in [0.15, 0.2) is 6.20 Å². The Morgan fingerprint density at radius 1 is 1.43 bits per heavy atom. The van der Waals surface area contributed by atoms with E-state index in [0.29, 0.717) is 30.4 Å². The first kappa shape index (κ1) is 15.5. The molecule has 0 aromatic carbocycles. The summed E-state index contributed by atoms with van der Waals surface area (Å²) in [4.78, 5) is 16.8. The second-order valence-electron chi connectivity index (χ2n) is 5.49. The van der Waals surface area contributed by atoms with Crippen molar-refractivity contribution in [3.63, 3.8) is 0 Å². The lowest BCUT2D eigenvalue weighted by atomic mass is 10.1. The highest BCUT2D eigenvalue weighted by Gasteiger charge is 2.25. The Balaban J connectivity index is 1.68. The third kappa shape index (κ3) is 3.19. The molecule has 9 heteroatoms. The number of ether oxygens (including phenoxy) is 2. The minimum absolute atomic E-state index is 0.00277. The fourth-order valence-corrected chi connectivity index (χ4v) is 2.71. The molecule has 1 atom stereocenters. The molecule has 0 bridgehead atoms. The maximum Gasteiger partial charge on any atom is 0.258 e. The van der Waals surface area contributed by atoms with Crippen molar-refractivity contribution in [2.45, 2.75) is 32.0 Å². The van der Waals surface area contributed by atoms with Crippen molar-refractivity contribution >= 4 is 5.91 Å². The van der Waals surface area contributed by atoms with Crippen molar-refractivity contribution in [1.82, 2.24) is 29.9 Å². The molecule has 2 aromatic rings. The lowest BCUT2D eigenvalue weighted by Crippen LogP contribution is -2.41. The Bertz CT molecular complexity index is 707. The second kappa shape index (κ2) is 6.37. The number of fused-ring (bicyclic) bond motifs is 1. The number of carbonyl (C=O) groups excluding carboxylic acids is 1. The van der Waals surface area contributed by atoms with Crippen LogP contribution in [0.1, 0.15) is 28.4 Å². The standard InChI is InChI=1S/C14H20N6O3/c1-19-7-10(14(18-19)23-3)13(21)15-9-4-5-12-16-11(8-22-2)17-20(12)6-9/h7,9H,4-6,8H2,1-3H3,(H,15,21). The summed E-state index contributed by atoms with van der Waals surface area (Å²) >= 11 is 0. The average Bonchev–Trinajstić information content (AvgIpc) is 3.09. The first-order chi connectivity index (χ1) is 11.1. The molecule has 23 heavy (non-hydrogen) atoms. The zero-order valence-electron chi connectivity index (χ0n) is 13.4. The van der Waals surface area contributed by atoms with E-state index in [4.69, 9.17) is 9.47 Å². The maximum absolute atomic E-state index is 12.4. The third-order valence-corrected chi connectivity index (χ3v) is 3.74. The molecule has 0 spiro atoms. The summed E-state index contributed by atoms with van der Waals surface area (Å²) in [7, 11) is 4.86. The Morgan fingerprint density at radius 2 is 2.26 bits per heavy atom. The molecule has 0 radical (unpaired) electrons. The van der Waals surface area contributed by atoms with Crippen LogP contribution in [0.4, 0.5) is 0 Å². The van der Waals surface area contributed by atoms with Gasteiger partial charge in [-0.05, 0) is 6.42 Å². The Morgan fingerprint density at radius 3 is 3.00 bits per heavy atom. The van der Waals surface area contributed by atoms with E-state index >= 15 is 0 Å². The third-order valence-electron chi connectivity index (χ3n) is 3.74. The van der Waals surface area contributed by atoms with E-state index in [2.05, 4.69) is 20.5 Å². The molecule has 1 aliphatic rings. The molecule has 1 amide bonds. The highest BCUT2D eigenvalue weighted by Crippen LogP contribution is 2.17. The van der Waals surface area contributed by atoms with E-state index < -0.39 is 0 Å². The maximum atomic E-state index is 12.4. The highest BCUT2D eigenvalue weighted by atomic mass is 16.5. The van der Waals surface area contributed by atoms with Gasteiger partial charge in [0.1, 0.15) is 18.0 Å². The summed E-state index contributed by atoms with van der Waals surface area (Å²) in [5.74, 6) is 1.73. The van der Waals surface area contributed by atoms with Gasteiger partial charge in [-0.1, -0.05) is 0 Å². The predicted molar refractivity (Wildman–Crippen MR) is 80.1 cm³/mol. The predicted octanol–water partition coefficient (Wildman–Crippen LogP) is -0.0886. The molecule has 3 heterocycles. The van der Waals surface area contributed by atoms with Crippen LogP contribution in [0.25, 0.3) is 0 Å². The quantitative estimate of drug-likeness (QED) is 0.827. The zero-order valence-corrected chi connectivity index (χ0v) is 13.4. The molecule has 124 valence electrons. The topological polar surface area (TPSA) is 96.1 Å². The molecule has 0 fully saturated rings. The van der Waals surface area contributed by atoms with Gasteiger partial charge in [-0.25, -0.2) is 9.67 Å². The van der Waals surface area contributed by atoms with Gasteiger partial charge in [0.15, 0.2) is 5.82 Å². The molecule has 3 rings (SSSR count). The van der Waals surface area contributed by atoms with Crippen molar-refractivity contribution in [3.05, 3.63) is 23.4 Å². The van der Waals surface area contributed by atoms with Gasteiger partial charge in [-0.15, -0.1) is 5.10 Å². The SMILES string of the molecule is COCc1nc2n(n1)CC(NC(=O)c1cn(C)nc1OC)CC2. The van der Waals surface area contributed by atoms with Gasteiger partial charge in [0.25, 0.3) is 5.91 Å². The summed E-state index contributed by atoms with van der Waals surface area (Å²) in [6, 6.07) is -0.00277. The van der Waals surface area contributed by atoms with Crippen LogP contribution in [0.5, 0.6) is 5.88 Å². The summed E-state index contributed by atoms with van der Waals surface area (Å²) in [5, 5.41) is 11.5. The molecule has 9 nitrogen and oxygen atoms in total. The van der Waals surface area contributed by atoms with E-state index in [1.54, 1.807) is 25.0 Å². The van der Waals surface area contributed by atoms with Crippen LogP contribution in [0, 0.1) is 0 Å².